The fourth-order valence-corrected chi connectivity index (χ4v) is 2.77. The average molecular weight is 325 g/mol. The van der Waals surface area contributed by atoms with Crippen molar-refractivity contribution >= 4 is 16.0 Å². The molecule has 1 aromatic carbocycles. The highest BCUT2D eigenvalue weighted by Crippen LogP contribution is 2.09. The first-order valence-corrected chi connectivity index (χ1v) is 8.32. The second-order valence-corrected chi connectivity index (χ2v) is 6.46. The normalized spacial score (nSPS) is 11.5. The van der Waals surface area contributed by atoms with Gasteiger partial charge in [0.15, 0.2) is 0 Å². The number of hydrogen-bond acceptors (Lipinski definition) is 7. The van der Waals surface area contributed by atoms with Gasteiger partial charge >= 0.3 is 6.01 Å². The van der Waals surface area contributed by atoms with Gasteiger partial charge in [-0.1, -0.05) is 22.8 Å². The van der Waals surface area contributed by atoms with Crippen LogP contribution in [0.25, 0.3) is 0 Å². The number of benzene rings is 1. The largest absolute Gasteiger partial charge is 0.407 e. The van der Waals surface area contributed by atoms with Crippen LogP contribution in [0.3, 0.4) is 0 Å². The molecule has 2 rings (SSSR count). The molecule has 0 spiro atoms. The molecule has 2 aromatic rings. The summed E-state index contributed by atoms with van der Waals surface area (Å²) in [7, 11) is -3.47. The SMILES string of the molecule is Cc1ccc(S(=O)(=O)NCCCNc2nnc(CN)o2)cc1. The molecule has 0 fully saturated rings. The van der Waals surface area contributed by atoms with Crippen LogP contribution in [0.1, 0.15) is 17.9 Å². The Morgan fingerprint density at radius 1 is 1.18 bits per heavy atom. The zero-order valence-electron chi connectivity index (χ0n) is 12.2. The lowest BCUT2D eigenvalue weighted by Gasteiger charge is -2.07. The number of nitrogens with zero attached hydrogens (tertiary/aromatic N) is 2. The van der Waals surface area contributed by atoms with Crippen LogP contribution in [0.2, 0.25) is 0 Å². The van der Waals surface area contributed by atoms with E-state index >= 15 is 0 Å². The Kier molecular flexibility index (Phi) is 5.47. The maximum Gasteiger partial charge on any atom is 0.315 e. The Hall–Kier alpha value is -1.97. The molecule has 0 saturated carbocycles. The van der Waals surface area contributed by atoms with Crippen molar-refractivity contribution < 1.29 is 12.8 Å². The Bertz CT molecular complexity index is 697. The fourth-order valence-electron chi connectivity index (χ4n) is 1.70. The van der Waals surface area contributed by atoms with E-state index in [1.807, 2.05) is 6.92 Å². The molecular weight excluding hydrogens is 306 g/mol. The maximum atomic E-state index is 12.0. The molecule has 22 heavy (non-hydrogen) atoms. The zero-order chi connectivity index (χ0) is 16.0. The maximum absolute atomic E-state index is 12.0. The second kappa shape index (κ2) is 7.34. The third kappa shape index (κ3) is 4.52. The van der Waals surface area contributed by atoms with Crippen LogP contribution in [0.5, 0.6) is 0 Å². The molecule has 0 saturated heterocycles. The minimum atomic E-state index is -3.47. The summed E-state index contributed by atoms with van der Waals surface area (Å²) < 4.78 is 31.8. The van der Waals surface area contributed by atoms with Crippen LogP contribution < -0.4 is 15.8 Å². The lowest BCUT2D eigenvalue weighted by molar-refractivity contribution is 0.506. The number of hydrogen-bond donors (Lipinski definition) is 3. The van der Waals surface area contributed by atoms with Gasteiger partial charge in [-0.15, -0.1) is 5.10 Å². The summed E-state index contributed by atoms with van der Waals surface area (Å²) in [4.78, 5) is 0.260. The van der Waals surface area contributed by atoms with E-state index in [2.05, 4.69) is 20.2 Å². The monoisotopic (exact) mass is 325 g/mol. The summed E-state index contributed by atoms with van der Waals surface area (Å²) in [5.74, 6) is 0.350. The first kappa shape index (κ1) is 16.4. The Morgan fingerprint density at radius 2 is 1.91 bits per heavy atom. The number of rotatable bonds is 8. The third-order valence-electron chi connectivity index (χ3n) is 2.89. The minimum Gasteiger partial charge on any atom is -0.407 e. The number of aryl methyl sites for hydroxylation is 1. The summed E-state index contributed by atoms with van der Waals surface area (Å²) in [6, 6.07) is 6.98. The molecule has 0 aliphatic heterocycles. The van der Waals surface area contributed by atoms with Crippen molar-refractivity contribution in [2.24, 2.45) is 5.73 Å². The average Bonchev–Trinajstić information content (AvgIpc) is 2.95. The van der Waals surface area contributed by atoms with Gasteiger partial charge in [0.25, 0.3) is 0 Å². The van der Waals surface area contributed by atoms with Crippen molar-refractivity contribution in [3.8, 4) is 0 Å². The van der Waals surface area contributed by atoms with E-state index in [0.717, 1.165) is 5.56 Å². The van der Waals surface area contributed by atoms with Crippen molar-refractivity contribution in [2.45, 2.75) is 24.8 Å². The molecule has 0 bridgehead atoms. The van der Waals surface area contributed by atoms with Gasteiger partial charge in [0, 0.05) is 13.1 Å². The quantitative estimate of drug-likeness (QED) is 0.608. The van der Waals surface area contributed by atoms with E-state index in [1.165, 1.54) is 0 Å². The molecule has 0 aliphatic rings. The molecule has 0 aliphatic carbocycles. The van der Waals surface area contributed by atoms with Gasteiger partial charge in [-0.05, 0) is 25.5 Å². The van der Waals surface area contributed by atoms with E-state index in [4.69, 9.17) is 10.2 Å². The first-order chi connectivity index (χ1) is 10.5. The number of anilines is 1. The van der Waals surface area contributed by atoms with Crippen LogP contribution >= 0.6 is 0 Å². The van der Waals surface area contributed by atoms with E-state index < -0.39 is 10.0 Å². The summed E-state index contributed by atoms with van der Waals surface area (Å²) >= 11 is 0. The standard InChI is InChI=1S/C13H19N5O3S/c1-10-3-5-11(6-4-10)22(19,20)16-8-2-7-15-13-18-17-12(9-14)21-13/h3-6,16H,2,7-9,14H2,1H3,(H,15,18). The van der Waals surface area contributed by atoms with Crippen molar-refractivity contribution in [2.75, 3.05) is 18.4 Å². The topological polar surface area (TPSA) is 123 Å². The van der Waals surface area contributed by atoms with E-state index in [9.17, 15) is 8.42 Å². The molecule has 8 nitrogen and oxygen atoms in total. The second-order valence-electron chi connectivity index (χ2n) is 4.70. The van der Waals surface area contributed by atoms with Crippen molar-refractivity contribution in [1.82, 2.24) is 14.9 Å². The van der Waals surface area contributed by atoms with Gasteiger partial charge in [0.2, 0.25) is 15.9 Å². The lowest BCUT2D eigenvalue weighted by atomic mass is 10.2. The zero-order valence-corrected chi connectivity index (χ0v) is 13.1. The van der Waals surface area contributed by atoms with Crippen molar-refractivity contribution in [3.63, 3.8) is 0 Å². The molecule has 0 amide bonds. The van der Waals surface area contributed by atoms with E-state index in [0.29, 0.717) is 25.4 Å². The van der Waals surface area contributed by atoms with E-state index in [-0.39, 0.29) is 17.5 Å². The molecule has 1 heterocycles. The third-order valence-corrected chi connectivity index (χ3v) is 4.37. The minimum absolute atomic E-state index is 0.186. The Balaban J connectivity index is 1.74. The van der Waals surface area contributed by atoms with Crippen LogP contribution in [0.15, 0.2) is 33.6 Å². The highest BCUT2D eigenvalue weighted by atomic mass is 32.2. The van der Waals surface area contributed by atoms with Gasteiger partial charge in [0.1, 0.15) is 0 Å². The van der Waals surface area contributed by atoms with Gasteiger partial charge in [-0.25, -0.2) is 13.1 Å². The van der Waals surface area contributed by atoms with Crippen LogP contribution in [0.4, 0.5) is 6.01 Å². The molecule has 0 radical (unpaired) electrons. The molecule has 4 N–H and O–H groups in total. The highest BCUT2D eigenvalue weighted by Gasteiger charge is 2.12. The summed E-state index contributed by atoms with van der Waals surface area (Å²) in [5.41, 5.74) is 6.36. The predicted molar refractivity (Wildman–Crippen MR) is 81.7 cm³/mol. The summed E-state index contributed by atoms with van der Waals surface area (Å²) in [6.45, 7) is 2.90. The van der Waals surface area contributed by atoms with Crippen LogP contribution in [0, 0.1) is 6.92 Å². The molecule has 9 heteroatoms. The Morgan fingerprint density at radius 3 is 2.55 bits per heavy atom. The van der Waals surface area contributed by atoms with Crippen molar-refractivity contribution in [1.29, 1.82) is 0 Å². The molecule has 120 valence electrons. The van der Waals surface area contributed by atoms with Gasteiger partial charge in [-0.2, -0.15) is 0 Å². The first-order valence-electron chi connectivity index (χ1n) is 6.84. The van der Waals surface area contributed by atoms with Gasteiger partial charge < -0.3 is 15.5 Å². The fraction of sp³-hybridized carbons (Fsp3) is 0.385. The molecular formula is C13H19N5O3S. The number of nitrogens with one attached hydrogen (secondary N) is 2. The molecule has 0 atom stereocenters. The van der Waals surface area contributed by atoms with Gasteiger partial charge in [-0.3, -0.25) is 0 Å². The van der Waals surface area contributed by atoms with Crippen LogP contribution in [-0.2, 0) is 16.6 Å². The van der Waals surface area contributed by atoms with Crippen molar-refractivity contribution in [3.05, 3.63) is 35.7 Å². The van der Waals surface area contributed by atoms with E-state index in [1.54, 1.807) is 24.3 Å². The number of sulfonamides is 1. The predicted octanol–water partition coefficient (Wildman–Crippen LogP) is 0.617. The molecule has 0 unspecified atom stereocenters. The van der Waals surface area contributed by atoms with Crippen LogP contribution in [-0.4, -0.2) is 31.7 Å². The number of nitrogens with two attached hydrogens (primary N) is 1. The summed E-state index contributed by atoms with van der Waals surface area (Å²) in [5, 5.41) is 10.3. The smallest absolute Gasteiger partial charge is 0.315 e. The Labute approximate surface area is 129 Å². The van der Waals surface area contributed by atoms with Gasteiger partial charge in [0.05, 0.1) is 11.4 Å². The number of aromatic nitrogens is 2. The summed E-state index contributed by atoms with van der Waals surface area (Å²) in [6.07, 6.45) is 0.575. The molecule has 1 aromatic heterocycles. The lowest BCUT2D eigenvalue weighted by Crippen LogP contribution is -2.26. The highest BCUT2D eigenvalue weighted by molar-refractivity contribution is 7.89.